The summed E-state index contributed by atoms with van der Waals surface area (Å²) in [7, 11) is 0. The van der Waals surface area contributed by atoms with E-state index in [9.17, 15) is 0 Å². The van der Waals surface area contributed by atoms with Crippen molar-refractivity contribution in [3.63, 3.8) is 0 Å². The Bertz CT molecular complexity index is 567. The molecule has 1 aliphatic heterocycles. The van der Waals surface area contributed by atoms with Gasteiger partial charge in [0.05, 0.1) is 0 Å². The van der Waals surface area contributed by atoms with Gasteiger partial charge in [-0.05, 0) is 34.3 Å². The molecular formula is C15H17BrN4. The molecule has 1 fully saturated rings. The molecule has 0 bridgehead atoms. The predicted molar refractivity (Wildman–Crippen MR) is 84.9 cm³/mol. The Hall–Kier alpha value is -1.62. The molecule has 1 aliphatic rings. The van der Waals surface area contributed by atoms with E-state index in [1.54, 1.807) is 6.33 Å². The van der Waals surface area contributed by atoms with Gasteiger partial charge in [-0.2, -0.15) is 0 Å². The fourth-order valence-corrected chi connectivity index (χ4v) is 3.01. The zero-order valence-electron chi connectivity index (χ0n) is 11.2. The Morgan fingerprint density at radius 2 is 1.85 bits per heavy atom. The van der Waals surface area contributed by atoms with Gasteiger partial charge in [0.15, 0.2) is 0 Å². The highest BCUT2D eigenvalue weighted by Crippen LogP contribution is 2.31. The van der Waals surface area contributed by atoms with Gasteiger partial charge in [-0.15, -0.1) is 0 Å². The summed E-state index contributed by atoms with van der Waals surface area (Å²) in [4.78, 5) is 11.0. The Morgan fingerprint density at radius 1 is 1.10 bits per heavy atom. The van der Waals surface area contributed by atoms with Gasteiger partial charge >= 0.3 is 0 Å². The number of nitrogens with zero attached hydrogens (tertiary/aromatic N) is 3. The molecule has 3 rings (SSSR count). The van der Waals surface area contributed by atoms with Crippen molar-refractivity contribution in [3.05, 3.63) is 46.7 Å². The number of nitrogens with one attached hydrogen (secondary N) is 1. The molecule has 1 aromatic carbocycles. The third kappa shape index (κ3) is 2.93. The second-order valence-corrected chi connectivity index (χ2v) is 5.69. The number of hydrogen-bond donors (Lipinski definition) is 1. The summed E-state index contributed by atoms with van der Waals surface area (Å²) >= 11 is 3.64. The zero-order valence-corrected chi connectivity index (χ0v) is 12.8. The largest absolute Gasteiger partial charge is 0.365 e. The molecule has 0 aliphatic carbocycles. The number of hydrogen-bond acceptors (Lipinski definition) is 4. The Balaban J connectivity index is 1.75. The minimum absolute atomic E-state index is 0.760. The normalized spacial score (nSPS) is 14.6. The molecule has 1 saturated heterocycles. The molecule has 0 unspecified atom stereocenters. The number of anilines is 2. The summed E-state index contributed by atoms with van der Waals surface area (Å²) in [5, 5.41) is 3.37. The second-order valence-electron chi connectivity index (χ2n) is 4.89. The van der Waals surface area contributed by atoms with E-state index in [0.29, 0.717) is 0 Å². The van der Waals surface area contributed by atoms with Crippen LogP contribution >= 0.6 is 15.9 Å². The van der Waals surface area contributed by atoms with Crippen LogP contribution in [0.2, 0.25) is 0 Å². The van der Waals surface area contributed by atoms with Crippen molar-refractivity contribution in [1.82, 2.24) is 9.97 Å². The second kappa shape index (κ2) is 6.22. The molecule has 0 saturated carbocycles. The van der Waals surface area contributed by atoms with Gasteiger partial charge < -0.3 is 10.2 Å². The van der Waals surface area contributed by atoms with Gasteiger partial charge in [-0.1, -0.05) is 30.3 Å². The number of halogens is 1. The first-order valence-electron chi connectivity index (χ1n) is 6.88. The van der Waals surface area contributed by atoms with E-state index in [1.165, 1.54) is 18.4 Å². The highest BCUT2D eigenvalue weighted by molar-refractivity contribution is 9.10. The first kappa shape index (κ1) is 13.4. The van der Waals surface area contributed by atoms with Crippen LogP contribution in [0.25, 0.3) is 0 Å². The fraction of sp³-hybridized carbons (Fsp3) is 0.333. The smallest absolute Gasteiger partial charge is 0.148 e. The van der Waals surface area contributed by atoms with Crippen molar-refractivity contribution < 1.29 is 0 Å². The van der Waals surface area contributed by atoms with E-state index in [4.69, 9.17) is 0 Å². The summed E-state index contributed by atoms with van der Waals surface area (Å²) in [5.74, 6) is 1.85. The van der Waals surface area contributed by atoms with Gasteiger partial charge in [-0.25, -0.2) is 9.97 Å². The maximum absolute atomic E-state index is 4.40. The van der Waals surface area contributed by atoms with E-state index >= 15 is 0 Å². The Labute approximate surface area is 127 Å². The molecule has 104 valence electrons. The van der Waals surface area contributed by atoms with E-state index in [2.05, 4.69) is 48.2 Å². The molecule has 20 heavy (non-hydrogen) atoms. The molecule has 2 aromatic rings. The highest BCUT2D eigenvalue weighted by Gasteiger charge is 2.18. The minimum Gasteiger partial charge on any atom is -0.365 e. The Kier molecular flexibility index (Phi) is 4.16. The van der Waals surface area contributed by atoms with E-state index in [0.717, 1.165) is 35.7 Å². The number of benzene rings is 1. The van der Waals surface area contributed by atoms with Crippen molar-refractivity contribution in [2.24, 2.45) is 0 Å². The number of rotatable bonds is 4. The molecule has 4 nitrogen and oxygen atoms in total. The van der Waals surface area contributed by atoms with Crippen molar-refractivity contribution in [2.75, 3.05) is 23.3 Å². The summed E-state index contributed by atoms with van der Waals surface area (Å²) < 4.78 is 0.956. The average molecular weight is 333 g/mol. The lowest BCUT2D eigenvalue weighted by atomic mass is 10.2. The van der Waals surface area contributed by atoms with E-state index < -0.39 is 0 Å². The van der Waals surface area contributed by atoms with Crippen molar-refractivity contribution in [2.45, 2.75) is 19.4 Å². The van der Waals surface area contributed by atoms with E-state index in [-0.39, 0.29) is 0 Å². The maximum Gasteiger partial charge on any atom is 0.148 e. The lowest BCUT2D eigenvalue weighted by Crippen LogP contribution is -2.20. The molecule has 5 heteroatoms. The van der Waals surface area contributed by atoms with Gasteiger partial charge in [0.25, 0.3) is 0 Å². The third-order valence-corrected chi connectivity index (χ3v) is 4.21. The molecule has 0 atom stereocenters. The molecule has 1 aromatic heterocycles. The minimum atomic E-state index is 0.760. The van der Waals surface area contributed by atoms with E-state index in [1.807, 2.05) is 18.2 Å². The van der Waals surface area contributed by atoms with Crippen LogP contribution in [0.5, 0.6) is 0 Å². The fourth-order valence-electron chi connectivity index (χ4n) is 2.41. The van der Waals surface area contributed by atoms with Crippen LogP contribution in [0.15, 0.2) is 41.1 Å². The standard InChI is InChI=1S/C15H17BrN4/c16-13-14(17-10-12-6-2-1-3-7-12)18-11-19-15(13)20-8-4-5-9-20/h1-3,6-7,11H,4-5,8-10H2,(H,17,18,19). The topological polar surface area (TPSA) is 41.1 Å². The zero-order chi connectivity index (χ0) is 13.8. The predicted octanol–water partition coefficient (Wildman–Crippen LogP) is 3.45. The molecule has 0 radical (unpaired) electrons. The van der Waals surface area contributed by atoms with Gasteiger partial charge in [-0.3, -0.25) is 0 Å². The molecule has 0 amide bonds. The van der Waals surface area contributed by atoms with Crippen LogP contribution in [0, 0.1) is 0 Å². The first-order valence-corrected chi connectivity index (χ1v) is 7.67. The maximum atomic E-state index is 4.40. The molecule has 2 heterocycles. The SMILES string of the molecule is Brc1c(NCc2ccccc2)ncnc1N1CCCC1. The lowest BCUT2D eigenvalue weighted by molar-refractivity contribution is 0.919. The van der Waals surface area contributed by atoms with Crippen LogP contribution in [0.4, 0.5) is 11.6 Å². The van der Waals surface area contributed by atoms with Crippen molar-refractivity contribution in [1.29, 1.82) is 0 Å². The van der Waals surface area contributed by atoms with Gasteiger partial charge in [0.1, 0.15) is 22.4 Å². The lowest BCUT2D eigenvalue weighted by Gasteiger charge is -2.19. The average Bonchev–Trinajstić information content (AvgIpc) is 3.01. The van der Waals surface area contributed by atoms with Gasteiger partial charge in [0, 0.05) is 19.6 Å². The summed E-state index contributed by atoms with van der Waals surface area (Å²) in [6.45, 7) is 2.91. The van der Waals surface area contributed by atoms with Crippen molar-refractivity contribution >= 4 is 27.6 Å². The third-order valence-electron chi connectivity index (χ3n) is 3.48. The number of aromatic nitrogens is 2. The van der Waals surface area contributed by atoms with Crippen LogP contribution < -0.4 is 10.2 Å². The van der Waals surface area contributed by atoms with Crippen LogP contribution in [-0.4, -0.2) is 23.1 Å². The quantitative estimate of drug-likeness (QED) is 0.930. The highest BCUT2D eigenvalue weighted by atomic mass is 79.9. The molecular weight excluding hydrogens is 316 g/mol. The summed E-state index contributed by atoms with van der Waals surface area (Å²) in [6, 6.07) is 10.3. The van der Waals surface area contributed by atoms with Crippen molar-refractivity contribution in [3.8, 4) is 0 Å². The summed E-state index contributed by atoms with van der Waals surface area (Å²) in [6.07, 6.45) is 4.11. The van der Waals surface area contributed by atoms with Crippen LogP contribution in [-0.2, 0) is 6.54 Å². The monoisotopic (exact) mass is 332 g/mol. The van der Waals surface area contributed by atoms with Crippen LogP contribution in [0.3, 0.4) is 0 Å². The van der Waals surface area contributed by atoms with Crippen LogP contribution in [0.1, 0.15) is 18.4 Å². The summed E-state index contributed by atoms with van der Waals surface area (Å²) in [5.41, 5.74) is 1.24. The molecule has 1 N–H and O–H groups in total. The first-order chi connectivity index (χ1) is 9.84. The Morgan fingerprint density at radius 3 is 2.60 bits per heavy atom. The molecule has 0 spiro atoms. The van der Waals surface area contributed by atoms with Gasteiger partial charge in [0.2, 0.25) is 0 Å².